The van der Waals surface area contributed by atoms with E-state index in [1.165, 1.54) is 29.0 Å². The quantitative estimate of drug-likeness (QED) is 0.503. The number of nitriles is 1. The fourth-order valence-corrected chi connectivity index (χ4v) is 4.86. The van der Waals surface area contributed by atoms with Gasteiger partial charge in [-0.1, -0.05) is 18.2 Å². The molecule has 0 bridgehead atoms. The summed E-state index contributed by atoms with van der Waals surface area (Å²) in [7, 11) is 0. The van der Waals surface area contributed by atoms with Gasteiger partial charge in [0.2, 0.25) is 0 Å². The Hall–Kier alpha value is -3.24. The number of aromatic nitrogens is 1. The van der Waals surface area contributed by atoms with E-state index < -0.39 is 11.9 Å². The summed E-state index contributed by atoms with van der Waals surface area (Å²) in [5, 5.41) is 12.7. The number of nitrogens with one attached hydrogen (secondary N) is 1. The molecule has 7 heteroatoms. The zero-order chi connectivity index (χ0) is 22.9. The van der Waals surface area contributed by atoms with Crippen LogP contribution in [0.5, 0.6) is 0 Å². The van der Waals surface area contributed by atoms with Gasteiger partial charge in [0.15, 0.2) is 0 Å². The number of ether oxygens (including phenoxy) is 1. The van der Waals surface area contributed by atoms with Crippen LogP contribution in [0.1, 0.15) is 56.4 Å². The zero-order valence-electron chi connectivity index (χ0n) is 18.2. The lowest BCUT2D eigenvalue weighted by molar-refractivity contribution is 0.0816. The highest BCUT2D eigenvalue weighted by Gasteiger charge is 2.27. The van der Waals surface area contributed by atoms with Crippen LogP contribution in [0.25, 0.3) is 21.0 Å². The van der Waals surface area contributed by atoms with E-state index in [0.29, 0.717) is 5.56 Å². The van der Waals surface area contributed by atoms with E-state index in [1.807, 2.05) is 45.2 Å². The lowest BCUT2D eigenvalue weighted by Crippen LogP contribution is -2.41. The second-order valence-electron chi connectivity index (χ2n) is 8.87. The molecule has 2 aromatic carbocycles. The summed E-state index contributed by atoms with van der Waals surface area (Å²) in [5.74, 6) is -0.535. The minimum Gasteiger partial charge on any atom is -0.441 e. The Morgan fingerprint density at radius 2 is 2.12 bits per heavy atom. The number of nitrogens with zero attached hydrogens (tertiary/aromatic N) is 2. The van der Waals surface area contributed by atoms with Crippen LogP contribution in [0.4, 0.5) is 9.18 Å². The normalized spacial score (nSPS) is 15.5. The maximum Gasteiger partial charge on any atom is 0.408 e. The Morgan fingerprint density at radius 1 is 1.31 bits per heavy atom. The van der Waals surface area contributed by atoms with Crippen LogP contribution in [0.15, 0.2) is 42.6 Å². The summed E-state index contributed by atoms with van der Waals surface area (Å²) in [5.41, 5.74) is 3.62. The molecule has 32 heavy (non-hydrogen) atoms. The number of hydrogen-bond donors (Lipinski definition) is 1. The van der Waals surface area contributed by atoms with Crippen LogP contribution >= 0.6 is 11.3 Å². The summed E-state index contributed by atoms with van der Waals surface area (Å²) < 4.78 is 19.5. The van der Waals surface area contributed by atoms with Crippen LogP contribution in [0.3, 0.4) is 0 Å². The van der Waals surface area contributed by atoms with Gasteiger partial charge >= 0.3 is 6.09 Å². The number of benzene rings is 2. The van der Waals surface area contributed by atoms with Crippen LogP contribution in [-0.2, 0) is 11.2 Å². The van der Waals surface area contributed by atoms with Gasteiger partial charge in [-0.15, -0.1) is 11.3 Å². The van der Waals surface area contributed by atoms with Crippen molar-refractivity contribution in [2.75, 3.05) is 0 Å². The highest BCUT2D eigenvalue weighted by molar-refractivity contribution is 7.18. The van der Waals surface area contributed by atoms with E-state index in [4.69, 9.17) is 10.00 Å². The molecule has 0 spiro atoms. The van der Waals surface area contributed by atoms with Gasteiger partial charge in [0.05, 0.1) is 10.4 Å². The first kappa shape index (κ1) is 22.0. The maximum absolute atomic E-state index is 13.7. The van der Waals surface area contributed by atoms with E-state index >= 15 is 0 Å². The number of carbonyl (C=O) groups is 1. The minimum absolute atomic E-state index is 0.00450. The molecule has 0 saturated heterocycles. The molecule has 0 fully saturated rings. The van der Waals surface area contributed by atoms with Crippen LogP contribution in [0, 0.1) is 17.1 Å². The molecule has 1 aromatic heterocycles. The van der Waals surface area contributed by atoms with Gasteiger partial charge in [0.1, 0.15) is 23.0 Å². The summed E-state index contributed by atoms with van der Waals surface area (Å²) >= 11 is 1.50. The van der Waals surface area contributed by atoms with Crippen molar-refractivity contribution in [3.05, 3.63) is 65.1 Å². The van der Waals surface area contributed by atoms with Gasteiger partial charge in [-0.25, -0.2) is 14.2 Å². The minimum atomic E-state index is -0.535. The van der Waals surface area contributed by atoms with Gasteiger partial charge in [-0.2, -0.15) is 5.26 Å². The number of rotatable bonds is 3. The predicted octanol–water partition coefficient (Wildman–Crippen LogP) is 6.39. The first-order valence-corrected chi connectivity index (χ1v) is 11.3. The number of carbonyl (C=O) groups excluding carboxylic acids is 1. The number of alkyl carbamates (subject to hydrolysis) is 1. The first-order valence-electron chi connectivity index (χ1n) is 10.5. The van der Waals surface area contributed by atoms with Crippen molar-refractivity contribution in [1.82, 2.24) is 10.3 Å². The SMILES string of the molecule is CC(C)(C)NC(=O)OC1CCCc2c(-c3cnc(-c4ccc(F)c(C#N)c4)s3)cccc21. The van der Waals surface area contributed by atoms with Crippen molar-refractivity contribution < 1.29 is 13.9 Å². The number of halogens is 1. The van der Waals surface area contributed by atoms with Crippen molar-refractivity contribution >= 4 is 17.4 Å². The van der Waals surface area contributed by atoms with E-state index in [2.05, 4.69) is 16.4 Å². The molecule has 0 radical (unpaired) electrons. The van der Waals surface area contributed by atoms with Crippen molar-refractivity contribution in [1.29, 1.82) is 5.26 Å². The van der Waals surface area contributed by atoms with Gasteiger partial charge < -0.3 is 10.1 Å². The standard InChI is InChI=1S/C25H24FN3O2S/c1-25(2,3)29-24(30)31-21-9-5-6-17-18(21)7-4-8-19(17)22-14-28-23(32-22)15-10-11-20(26)16(12-15)13-27/h4,7-8,10-12,14,21H,5-6,9H2,1-3H3,(H,29,30). The van der Waals surface area contributed by atoms with Crippen LogP contribution in [-0.4, -0.2) is 16.6 Å². The van der Waals surface area contributed by atoms with E-state index in [0.717, 1.165) is 40.3 Å². The van der Waals surface area contributed by atoms with Gasteiger partial charge in [0, 0.05) is 17.3 Å². The van der Waals surface area contributed by atoms with Gasteiger partial charge in [-0.05, 0) is 74.9 Å². The third-order valence-corrected chi connectivity index (χ3v) is 6.36. The largest absolute Gasteiger partial charge is 0.441 e. The average Bonchev–Trinajstić information content (AvgIpc) is 3.22. The smallest absolute Gasteiger partial charge is 0.408 e. The zero-order valence-corrected chi connectivity index (χ0v) is 19.1. The monoisotopic (exact) mass is 449 g/mol. The molecule has 3 aromatic rings. The summed E-state index contributed by atoms with van der Waals surface area (Å²) in [6.07, 6.45) is 3.71. The lowest BCUT2D eigenvalue weighted by Gasteiger charge is -2.28. The van der Waals surface area contributed by atoms with Crippen molar-refractivity contribution in [3.63, 3.8) is 0 Å². The Kier molecular flexibility index (Phi) is 5.98. The molecule has 4 rings (SSSR count). The molecule has 1 amide bonds. The molecule has 1 heterocycles. The Balaban J connectivity index is 1.63. The molecular formula is C25H24FN3O2S. The van der Waals surface area contributed by atoms with Crippen molar-refractivity contribution in [3.8, 4) is 27.1 Å². The van der Waals surface area contributed by atoms with E-state index in [-0.39, 0.29) is 17.2 Å². The fraction of sp³-hybridized carbons (Fsp3) is 0.320. The van der Waals surface area contributed by atoms with Crippen LogP contribution < -0.4 is 5.32 Å². The highest BCUT2D eigenvalue weighted by Crippen LogP contribution is 2.41. The van der Waals surface area contributed by atoms with Crippen molar-refractivity contribution in [2.24, 2.45) is 0 Å². The molecule has 1 unspecified atom stereocenters. The van der Waals surface area contributed by atoms with E-state index in [9.17, 15) is 9.18 Å². The number of amides is 1. The van der Waals surface area contributed by atoms with E-state index in [1.54, 1.807) is 6.07 Å². The molecule has 164 valence electrons. The third-order valence-electron chi connectivity index (χ3n) is 5.28. The van der Waals surface area contributed by atoms with Gasteiger partial charge in [0.25, 0.3) is 0 Å². The molecule has 5 nitrogen and oxygen atoms in total. The van der Waals surface area contributed by atoms with Gasteiger partial charge in [-0.3, -0.25) is 0 Å². The van der Waals surface area contributed by atoms with Crippen molar-refractivity contribution in [2.45, 2.75) is 51.7 Å². The summed E-state index contributed by atoms with van der Waals surface area (Å²) in [6.45, 7) is 5.76. The molecule has 1 N–H and O–H groups in total. The lowest BCUT2D eigenvalue weighted by atomic mass is 9.86. The topological polar surface area (TPSA) is 75.0 Å². The summed E-state index contributed by atoms with van der Waals surface area (Å²) in [6, 6.07) is 12.4. The molecule has 1 aliphatic rings. The second kappa shape index (κ2) is 8.71. The fourth-order valence-electron chi connectivity index (χ4n) is 3.90. The molecule has 0 saturated carbocycles. The molecule has 1 aliphatic carbocycles. The molecule has 0 aliphatic heterocycles. The maximum atomic E-state index is 13.7. The molecular weight excluding hydrogens is 425 g/mol. The average molecular weight is 450 g/mol. The molecule has 1 atom stereocenters. The predicted molar refractivity (Wildman–Crippen MR) is 123 cm³/mol. The first-order chi connectivity index (χ1) is 15.2. The highest BCUT2D eigenvalue weighted by atomic mass is 32.1. The Labute approximate surface area is 190 Å². The second-order valence-corrected chi connectivity index (χ2v) is 9.90. The Bertz CT molecular complexity index is 1210. The number of thiazole rings is 1. The Morgan fingerprint density at radius 3 is 2.88 bits per heavy atom. The third kappa shape index (κ3) is 4.66. The number of hydrogen-bond acceptors (Lipinski definition) is 5. The number of fused-ring (bicyclic) bond motifs is 1. The summed E-state index contributed by atoms with van der Waals surface area (Å²) in [4.78, 5) is 17.8. The van der Waals surface area contributed by atoms with Crippen LogP contribution in [0.2, 0.25) is 0 Å².